The lowest BCUT2D eigenvalue weighted by Crippen LogP contribution is -2.24. The van der Waals surface area contributed by atoms with Crippen molar-refractivity contribution in [1.82, 2.24) is 4.31 Å². The standard InChI is InChI=1S/C16H20N2O4S2/c1-12(23-11-14-7-5-9-22-14)16(19)17-13-6-4-8-15(10-13)24(20,21)18(2)3/h4-10,12H,11H2,1-3H3,(H,17,19)/t12-/m1/s1. The van der Waals surface area contributed by atoms with Gasteiger partial charge in [-0.25, -0.2) is 12.7 Å². The van der Waals surface area contributed by atoms with E-state index in [0.717, 1.165) is 10.1 Å². The number of benzene rings is 1. The molecule has 1 aromatic heterocycles. The van der Waals surface area contributed by atoms with Crippen LogP contribution in [0.2, 0.25) is 0 Å². The number of amides is 1. The van der Waals surface area contributed by atoms with E-state index in [4.69, 9.17) is 4.42 Å². The van der Waals surface area contributed by atoms with Crippen molar-refractivity contribution < 1.29 is 17.6 Å². The number of hydrogen-bond acceptors (Lipinski definition) is 5. The Kier molecular flexibility index (Phi) is 6.09. The van der Waals surface area contributed by atoms with E-state index in [9.17, 15) is 13.2 Å². The van der Waals surface area contributed by atoms with Crippen LogP contribution in [0.5, 0.6) is 0 Å². The van der Waals surface area contributed by atoms with Crippen molar-refractivity contribution in [3.63, 3.8) is 0 Å². The number of carbonyl (C=O) groups is 1. The topological polar surface area (TPSA) is 79.6 Å². The molecule has 1 N–H and O–H groups in total. The van der Waals surface area contributed by atoms with Crippen molar-refractivity contribution in [2.45, 2.75) is 22.8 Å². The molecule has 0 aliphatic carbocycles. The Morgan fingerprint density at radius 2 is 2.04 bits per heavy atom. The highest BCUT2D eigenvalue weighted by molar-refractivity contribution is 7.99. The molecule has 0 aliphatic heterocycles. The normalized spacial score (nSPS) is 13.0. The summed E-state index contributed by atoms with van der Waals surface area (Å²) in [6.45, 7) is 1.79. The van der Waals surface area contributed by atoms with Gasteiger partial charge in [-0.3, -0.25) is 4.79 Å². The number of thioether (sulfide) groups is 1. The summed E-state index contributed by atoms with van der Waals surface area (Å²) in [6, 6.07) is 9.88. The molecular formula is C16H20N2O4S2. The molecule has 0 fully saturated rings. The fourth-order valence-electron chi connectivity index (χ4n) is 1.87. The van der Waals surface area contributed by atoms with Gasteiger partial charge in [0, 0.05) is 19.8 Å². The third kappa shape index (κ3) is 4.62. The number of sulfonamides is 1. The molecule has 0 unspecified atom stereocenters. The lowest BCUT2D eigenvalue weighted by atomic mass is 10.3. The Labute approximate surface area is 146 Å². The van der Waals surface area contributed by atoms with E-state index in [1.54, 1.807) is 31.4 Å². The summed E-state index contributed by atoms with van der Waals surface area (Å²) in [5.74, 6) is 1.21. The van der Waals surface area contributed by atoms with Gasteiger partial charge in [-0.2, -0.15) is 0 Å². The van der Waals surface area contributed by atoms with Gasteiger partial charge in [0.2, 0.25) is 15.9 Å². The van der Waals surface area contributed by atoms with E-state index >= 15 is 0 Å². The Morgan fingerprint density at radius 3 is 2.67 bits per heavy atom. The Balaban J connectivity index is 2.01. The lowest BCUT2D eigenvalue weighted by molar-refractivity contribution is -0.115. The molecule has 1 atom stereocenters. The highest BCUT2D eigenvalue weighted by atomic mass is 32.2. The summed E-state index contributed by atoms with van der Waals surface area (Å²) in [6.07, 6.45) is 1.59. The molecular weight excluding hydrogens is 348 g/mol. The minimum atomic E-state index is -3.53. The van der Waals surface area contributed by atoms with Crippen molar-refractivity contribution in [2.24, 2.45) is 0 Å². The van der Waals surface area contributed by atoms with Gasteiger partial charge in [0.1, 0.15) is 5.76 Å². The smallest absolute Gasteiger partial charge is 0.242 e. The number of furan rings is 1. The fourth-order valence-corrected chi connectivity index (χ4v) is 3.60. The Bertz CT molecular complexity index is 786. The summed E-state index contributed by atoms with van der Waals surface area (Å²) in [7, 11) is -0.598. The van der Waals surface area contributed by atoms with Gasteiger partial charge < -0.3 is 9.73 Å². The lowest BCUT2D eigenvalue weighted by Gasteiger charge is -2.14. The van der Waals surface area contributed by atoms with Crippen LogP contribution >= 0.6 is 11.8 Å². The zero-order valence-corrected chi connectivity index (χ0v) is 15.4. The van der Waals surface area contributed by atoms with Gasteiger partial charge >= 0.3 is 0 Å². The molecule has 1 amide bonds. The molecule has 130 valence electrons. The third-order valence-corrected chi connectivity index (χ3v) is 6.28. The van der Waals surface area contributed by atoms with E-state index in [0.29, 0.717) is 11.4 Å². The van der Waals surface area contributed by atoms with E-state index in [1.165, 1.54) is 38.0 Å². The first-order valence-electron chi connectivity index (χ1n) is 7.28. The van der Waals surface area contributed by atoms with Crippen molar-refractivity contribution in [3.8, 4) is 0 Å². The quantitative estimate of drug-likeness (QED) is 0.813. The van der Waals surface area contributed by atoms with Crippen LogP contribution in [-0.4, -0.2) is 38.0 Å². The fraction of sp³-hybridized carbons (Fsp3) is 0.312. The predicted octanol–water partition coefficient (Wildman–Crippen LogP) is 2.79. The third-order valence-electron chi connectivity index (χ3n) is 3.31. The summed E-state index contributed by atoms with van der Waals surface area (Å²) in [5, 5.41) is 2.45. The number of hydrogen-bond donors (Lipinski definition) is 1. The maximum Gasteiger partial charge on any atom is 0.242 e. The van der Waals surface area contributed by atoms with Gasteiger partial charge in [-0.05, 0) is 37.3 Å². The predicted molar refractivity (Wildman–Crippen MR) is 95.4 cm³/mol. The van der Waals surface area contributed by atoms with Crippen molar-refractivity contribution in [1.29, 1.82) is 0 Å². The second-order valence-electron chi connectivity index (χ2n) is 5.34. The molecule has 0 bridgehead atoms. The van der Waals surface area contributed by atoms with Gasteiger partial charge in [0.25, 0.3) is 0 Å². The summed E-state index contributed by atoms with van der Waals surface area (Å²) in [4.78, 5) is 12.4. The number of anilines is 1. The molecule has 0 spiro atoms. The van der Waals surface area contributed by atoms with Crippen LogP contribution in [0.25, 0.3) is 0 Å². The SMILES string of the molecule is C[C@@H](SCc1ccco1)C(=O)Nc1cccc(S(=O)(=O)N(C)C)c1. The van der Waals surface area contributed by atoms with E-state index < -0.39 is 10.0 Å². The molecule has 0 radical (unpaired) electrons. The largest absolute Gasteiger partial charge is 0.468 e. The first-order chi connectivity index (χ1) is 11.3. The summed E-state index contributed by atoms with van der Waals surface area (Å²) in [5.41, 5.74) is 0.452. The van der Waals surface area contributed by atoms with Gasteiger partial charge in [0.05, 0.1) is 22.2 Å². The molecule has 1 heterocycles. The van der Waals surface area contributed by atoms with Crippen LogP contribution in [-0.2, 0) is 20.6 Å². The van der Waals surface area contributed by atoms with Crippen LogP contribution in [0.1, 0.15) is 12.7 Å². The molecule has 1 aromatic carbocycles. The first kappa shape index (κ1) is 18.6. The highest BCUT2D eigenvalue weighted by Crippen LogP contribution is 2.21. The van der Waals surface area contributed by atoms with E-state index in [2.05, 4.69) is 5.32 Å². The molecule has 0 saturated carbocycles. The van der Waals surface area contributed by atoms with Gasteiger partial charge in [-0.15, -0.1) is 11.8 Å². The Morgan fingerprint density at radius 1 is 1.29 bits per heavy atom. The average molecular weight is 368 g/mol. The second kappa shape index (κ2) is 7.87. The first-order valence-corrected chi connectivity index (χ1v) is 9.77. The van der Waals surface area contributed by atoms with Crippen molar-refractivity contribution in [2.75, 3.05) is 19.4 Å². The summed E-state index contributed by atoms with van der Waals surface area (Å²) >= 11 is 1.44. The molecule has 6 nitrogen and oxygen atoms in total. The van der Waals surface area contributed by atoms with E-state index in [-0.39, 0.29) is 16.1 Å². The molecule has 0 saturated heterocycles. The van der Waals surface area contributed by atoms with Crippen LogP contribution < -0.4 is 5.32 Å². The minimum Gasteiger partial charge on any atom is -0.468 e. The van der Waals surface area contributed by atoms with E-state index in [1.807, 2.05) is 6.07 Å². The second-order valence-corrected chi connectivity index (χ2v) is 8.82. The number of carbonyl (C=O) groups excluding carboxylic acids is 1. The maximum absolute atomic E-state index is 12.2. The van der Waals surface area contributed by atoms with Crippen LogP contribution in [0, 0.1) is 0 Å². The molecule has 2 rings (SSSR count). The molecule has 0 aliphatic rings. The van der Waals surface area contributed by atoms with Crippen LogP contribution in [0.3, 0.4) is 0 Å². The number of nitrogens with one attached hydrogen (secondary N) is 1. The zero-order valence-electron chi connectivity index (χ0n) is 13.7. The highest BCUT2D eigenvalue weighted by Gasteiger charge is 2.19. The zero-order chi connectivity index (χ0) is 17.7. The molecule has 24 heavy (non-hydrogen) atoms. The molecule has 8 heteroatoms. The molecule has 2 aromatic rings. The van der Waals surface area contributed by atoms with Crippen LogP contribution in [0.15, 0.2) is 52.0 Å². The average Bonchev–Trinajstić information content (AvgIpc) is 3.06. The number of rotatable bonds is 7. The Hall–Kier alpha value is -1.77. The minimum absolute atomic E-state index is 0.140. The maximum atomic E-state index is 12.2. The van der Waals surface area contributed by atoms with Crippen molar-refractivity contribution >= 4 is 33.4 Å². The van der Waals surface area contributed by atoms with Crippen molar-refractivity contribution in [3.05, 3.63) is 48.4 Å². The van der Waals surface area contributed by atoms with Gasteiger partial charge in [0.15, 0.2) is 0 Å². The van der Waals surface area contributed by atoms with Gasteiger partial charge in [-0.1, -0.05) is 6.07 Å². The monoisotopic (exact) mass is 368 g/mol. The summed E-state index contributed by atoms with van der Waals surface area (Å²) < 4.78 is 30.6. The van der Waals surface area contributed by atoms with Crippen LogP contribution in [0.4, 0.5) is 5.69 Å². The number of nitrogens with zero attached hydrogens (tertiary/aromatic N) is 1.